The Morgan fingerprint density at radius 3 is 1.67 bits per heavy atom. The minimum absolute atomic E-state index is 0.107. The minimum Gasteiger partial charge on any atom is -0.435 e. The maximum atomic E-state index is 6.71. The lowest BCUT2D eigenvalue weighted by molar-refractivity contribution is 0.623. The Kier molecular flexibility index (Phi) is 8.85. The Hall–Kier alpha value is -7.79. The third-order valence-electron chi connectivity index (χ3n) is 13.6. The summed E-state index contributed by atoms with van der Waals surface area (Å²) < 4.78 is 6.71. The Bertz CT molecular complexity index is 3430. The molecule has 0 radical (unpaired) electrons. The number of fused-ring (bicyclic) bond motifs is 8. The fraction of sp³-hybridized carbons (Fsp3) is 0.0500. The van der Waals surface area contributed by atoms with Gasteiger partial charge in [0.1, 0.15) is 5.52 Å². The molecule has 1 aromatic heterocycles. The van der Waals surface area contributed by atoms with Gasteiger partial charge in [0.2, 0.25) is 5.89 Å². The summed E-state index contributed by atoms with van der Waals surface area (Å²) in [6.45, 7) is 4.70. The summed E-state index contributed by atoms with van der Waals surface area (Å²) in [6.07, 6.45) is 0. The summed E-state index contributed by atoms with van der Waals surface area (Å²) in [4.78, 5) is 7.45. The predicted molar refractivity (Wildman–Crippen MR) is 270 cm³/mol. The maximum Gasteiger partial charge on any atom is 0.227 e. The smallest absolute Gasteiger partial charge is 0.227 e. The fourth-order valence-electron chi connectivity index (χ4n) is 10.6. The molecule has 1 aliphatic carbocycles. The highest BCUT2D eigenvalue weighted by Crippen LogP contribution is 2.51. The maximum absolute atomic E-state index is 6.71. The largest absolute Gasteiger partial charge is 0.435 e. The van der Waals surface area contributed by atoms with E-state index in [1.165, 1.54) is 43.0 Å². The second-order valence-corrected chi connectivity index (χ2v) is 21.3. The number of nitrogens with zero attached hydrogens (tertiary/aromatic N) is 2. The predicted octanol–water partition coefficient (Wildman–Crippen LogP) is 13.0. The van der Waals surface area contributed by atoms with E-state index in [0.717, 1.165) is 55.3 Å². The number of anilines is 3. The van der Waals surface area contributed by atoms with Gasteiger partial charge in [-0.2, -0.15) is 0 Å². The molecule has 1 heterocycles. The van der Waals surface area contributed by atoms with E-state index in [2.05, 4.69) is 231 Å². The summed E-state index contributed by atoms with van der Waals surface area (Å²) in [7, 11) is -2.84. The van der Waals surface area contributed by atoms with Crippen LogP contribution >= 0.6 is 0 Å². The second-order valence-electron chi connectivity index (χ2n) is 17.5. The first-order valence-corrected chi connectivity index (χ1v) is 24.1. The molecule has 0 N–H and O–H groups in total. The second kappa shape index (κ2) is 14.9. The van der Waals surface area contributed by atoms with E-state index < -0.39 is 8.07 Å². The molecule has 12 rings (SSSR count). The van der Waals surface area contributed by atoms with Crippen molar-refractivity contribution in [2.75, 3.05) is 4.90 Å². The van der Waals surface area contributed by atoms with Crippen molar-refractivity contribution >= 4 is 78.5 Å². The van der Waals surface area contributed by atoms with E-state index in [1.54, 1.807) is 0 Å². The lowest BCUT2D eigenvalue weighted by atomic mass is 9.82. The first-order valence-electron chi connectivity index (χ1n) is 22.1. The lowest BCUT2D eigenvalue weighted by Gasteiger charge is -2.35. The Morgan fingerprint density at radius 1 is 0.438 bits per heavy atom. The fourth-order valence-corrected chi connectivity index (χ4v) is 15.4. The van der Waals surface area contributed by atoms with Gasteiger partial charge in [0.05, 0.1) is 0 Å². The van der Waals surface area contributed by atoms with Gasteiger partial charge < -0.3 is 9.32 Å². The van der Waals surface area contributed by atoms with Crippen LogP contribution in [0.2, 0.25) is 0 Å². The molecule has 0 bridgehead atoms. The molecule has 0 saturated heterocycles. The van der Waals surface area contributed by atoms with Crippen LogP contribution in [0.25, 0.3) is 55.2 Å². The molecular formula is C60H44N2OSi. The van der Waals surface area contributed by atoms with Gasteiger partial charge >= 0.3 is 0 Å². The van der Waals surface area contributed by atoms with Crippen molar-refractivity contribution in [1.82, 2.24) is 4.98 Å². The molecule has 0 spiro atoms. The van der Waals surface area contributed by atoms with E-state index in [4.69, 9.17) is 9.40 Å². The average molecular weight is 837 g/mol. The minimum atomic E-state index is -2.84. The van der Waals surface area contributed by atoms with Crippen molar-refractivity contribution in [3.8, 4) is 22.6 Å². The van der Waals surface area contributed by atoms with Gasteiger partial charge in [0.25, 0.3) is 0 Å². The number of aromatic nitrogens is 1. The van der Waals surface area contributed by atoms with Crippen molar-refractivity contribution in [3.63, 3.8) is 0 Å². The molecule has 1 aliphatic rings. The molecule has 0 saturated carbocycles. The van der Waals surface area contributed by atoms with E-state index in [1.807, 2.05) is 18.2 Å². The van der Waals surface area contributed by atoms with Crippen LogP contribution in [0.1, 0.15) is 25.0 Å². The van der Waals surface area contributed by atoms with Gasteiger partial charge in [-0.05, 0) is 114 Å². The van der Waals surface area contributed by atoms with Crippen LogP contribution in [0.3, 0.4) is 0 Å². The zero-order valence-electron chi connectivity index (χ0n) is 35.7. The Morgan fingerprint density at radius 2 is 0.969 bits per heavy atom. The summed E-state index contributed by atoms with van der Waals surface area (Å²) in [6, 6.07) is 84.6. The molecule has 3 nitrogen and oxygen atoms in total. The van der Waals surface area contributed by atoms with Gasteiger partial charge in [0, 0.05) is 33.4 Å². The Labute approximate surface area is 374 Å². The first kappa shape index (κ1) is 37.9. The molecule has 11 aromatic rings. The van der Waals surface area contributed by atoms with E-state index >= 15 is 0 Å². The van der Waals surface area contributed by atoms with Gasteiger partial charge in [-0.25, -0.2) is 4.98 Å². The molecule has 304 valence electrons. The van der Waals surface area contributed by atoms with Crippen LogP contribution in [-0.4, -0.2) is 13.1 Å². The summed E-state index contributed by atoms with van der Waals surface area (Å²) in [5.41, 5.74) is 11.1. The zero-order valence-corrected chi connectivity index (χ0v) is 36.7. The summed E-state index contributed by atoms with van der Waals surface area (Å²) in [5.74, 6) is 0.624. The van der Waals surface area contributed by atoms with Crippen LogP contribution < -0.4 is 25.6 Å². The van der Waals surface area contributed by atoms with Gasteiger partial charge in [-0.15, -0.1) is 0 Å². The lowest BCUT2D eigenvalue weighted by Crippen LogP contribution is -2.74. The van der Waals surface area contributed by atoms with Gasteiger partial charge in [-0.1, -0.05) is 190 Å². The van der Waals surface area contributed by atoms with Crippen molar-refractivity contribution in [3.05, 3.63) is 242 Å². The SMILES string of the molecule is CC1(C)c2ccccc2-c2cc(N(c3cccc([Si](c4ccccc4)(c4ccccc4)c4ccccc4)c3)c3ccc4ccc5ccc6nc(-c7ccccc7)oc6c5c4c3)ccc21. The molecule has 0 unspecified atom stereocenters. The van der Waals surface area contributed by atoms with Crippen molar-refractivity contribution in [1.29, 1.82) is 0 Å². The van der Waals surface area contributed by atoms with Crippen LogP contribution in [0.5, 0.6) is 0 Å². The monoisotopic (exact) mass is 836 g/mol. The number of hydrogen-bond acceptors (Lipinski definition) is 3. The van der Waals surface area contributed by atoms with E-state index in [-0.39, 0.29) is 5.41 Å². The molecule has 0 atom stereocenters. The van der Waals surface area contributed by atoms with Crippen LogP contribution in [0.15, 0.2) is 235 Å². The third-order valence-corrected chi connectivity index (χ3v) is 18.4. The van der Waals surface area contributed by atoms with Crippen LogP contribution in [0.4, 0.5) is 17.1 Å². The van der Waals surface area contributed by atoms with E-state index in [0.29, 0.717) is 5.89 Å². The van der Waals surface area contributed by atoms with Crippen molar-refractivity contribution in [2.24, 2.45) is 0 Å². The normalized spacial score (nSPS) is 13.0. The van der Waals surface area contributed by atoms with Crippen LogP contribution in [-0.2, 0) is 5.41 Å². The van der Waals surface area contributed by atoms with Gasteiger partial charge in [-0.3, -0.25) is 0 Å². The molecule has 0 fully saturated rings. The molecule has 0 aliphatic heterocycles. The van der Waals surface area contributed by atoms with Crippen molar-refractivity contribution < 1.29 is 4.42 Å². The third kappa shape index (κ3) is 5.91. The summed E-state index contributed by atoms with van der Waals surface area (Å²) in [5, 5.41) is 9.78. The molecule has 10 aromatic carbocycles. The quantitative estimate of drug-likeness (QED) is 0.0867. The van der Waals surface area contributed by atoms with E-state index in [9.17, 15) is 0 Å². The number of benzene rings is 10. The molecule has 64 heavy (non-hydrogen) atoms. The number of hydrogen-bond donors (Lipinski definition) is 0. The highest BCUT2D eigenvalue weighted by molar-refractivity contribution is 7.19. The molecule has 0 amide bonds. The molecular weight excluding hydrogens is 793 g/mol. The zero-order chi connectivity index (χ0) is 42.8. The standard InChI is InChI=1S/C60H44N2OSi/c1-60(2)54-29-16-15-28-51(54)53-40-46(35-36-55(53)60)62(45-34-32-41-30-31-42-33-37-56-58(57(42)52(41)39-45)63-59(61-56)43-18-7-3-8-19-43)44-20-17-27-50(38-44)64(47-21-9-4-10-22-47,48-23-11-5-12-24-48)49-25-13-6-14-26-49/h3-40H,1-2H3. The highest BCUT2D eigenvalue weighted by atomic mass is 28.3. The van der Waals surface area contributed by atoms with Crippen LogP contribution in [0, 0.1) is 0 Å². The Balaban J connectivity index is 1.12. The first-order chi connectivity index (χ1) is 31.5. The highest BCUT2D eigenvalue weighted by Gasteiger charge is 2.42. The molecule has 4 heteroatoms. The summed E-state index contributed by atoms with van der Waals surface area (Å²) >= 11 is 0. The number of oxazole rings is 1. The number of rotatable bonds is 8. The topological polar surface area (TPSA) is 29.3 Å². The van der Waals surface area contributed by atoms with Crippen molar-refractivity contribution in [2.45, 2.75) is 19.3 Å². The average Bonchev–Trinajstić information content (AvgIpc) is 3.90. The van der Waals surface area contributed by atoms with Gasteiger partial charge in [0.15, 0.2) is 13.7 Å².